The van der Waals surface area contributed by atoms with Crippen molar-refractivity contribution in [1.82, 2.24) is 4.90 Å². The summed E-state index contributed by atoms with van der Waals surface area (Å²) >= 11 is 15.2. The maximum atomic E-state index is 12.5. The first-order chi connectivity index (χ1) is 8.63. The van der Waals surface area contributed by atoms with Crippen molar-refractivity contribution in [3.8, 4) is 0 Å². The van der Waals surface area contributed by atoms with Gasteiger partial charge in [-0.2, -0.15) is 0 Å². The molecule has 98 valence electrons. The van der Waals surface area contributed by atoms with Gasteiger partial charge >= 0.3 is 0 Å². The number of hydrogen-bond donors (Lipinski definition) is 0. The van der Waals surface area contributed by atoms with E-state index in [0.717, 1.165) is 30.3 Å². The lowest BCUT2D eigenvalue weighted by Gasteiger charge is -2.34. The third-order valence-electron chi connectivity index (χ3n) is 3.23. The fourth-order valence-corrected chi connectivity index (χ4v) is 3.42. The predicted octanol–water partition coefficient (Wildman–Crippen LogP) is 4.34. The van der Waals surface area contributed by atoms with Gasteiger partial charge in [-0.05, 0) is 53.4 Å². The van der Waals surface area contributed by atoms with E-state index < -0.39 is 0 Å². The molecule has 1 unspecified atom stereocenters. The van der Waals surface area contributed by atoms with Gasteiger partial charge in [0.25, 0.3) is 5.91 Å². The summed E-state index contributed by atoms with van der Waals surface area (Å²) in [5.41, 5.74) is 0.649. The van der Waals surface area contributed by atoms with E-state index in [0.29, 0.717) is 16.5 Å². The maximum Gasteiger partial charge on any atom is 0.255 e. The van der Waals surface area contributed by atoms with E-state index in [4.69, 9.17) is 23.2 Å². The number of likely N-dealkylation sites (tertiary alicyclic amines) is 1. The molecule has 0 aliphatic carbocycles. The first kappa shape index (κ1) is 14.2. The van der Waals surface area contributed by atoms with E-state index in [9.17, 15) is 4.79 Å². The van der Waals surface area contributed by atoms with Crippen LogP contribution in [0.1, 0.15) is 29.6 Å². The van der Waals surface area contributed by atoms with Gasteiger partial charge in [0.05, 0.1) is 5.56 Å². The van der Waals surface area contributed by atoms with E-state index in [-0.39, 0.29) is 11.9 Å². The van der Waals surface area contributed by atoms with Crippen LogP contribution in [0.25, 0.3) is 0 Å². The minimum absolute atomic E-state index is 0.0314. The van der Waals surface area contributed by atoms with Crippen molar-refractivity contribution in [2.75, 3.05) is 12.4 Å². The molecule has 1 saturated heterocycles. The normalized spacial score (nSPS) is 19.9. The Labute approximate surface area is 125 Å². The average molecular weight is 351 g/mol. The molecule has 2 nitrogen and oxygen atoms in total. The zero-order chi connectivity index (χ0) is 13.1. The summed E-state index contributed by atoms with van der Waals surface area (Å²) < 4.78 is 0.735. The van der Waals surface area contributed by atoms with Crippen LogP contribution in [0.5, 0.6) is 0 Å². The summed E-state index contributed by atoms with van der Waals surface area (Å²) in [7, 11) is 0. The van der Waals surface area contributed by atoms with Crippen molar-refractivity contribution in [1.29, 1.82) is 0 Å². The lowest BCUT2D eigenvalue weighted by Crippen LogP contribution is -2.44. The molecule has 1 aliphatic rings. The predicted molar refractivity (Wildman–Crippen MR) is 78.5 cm³/mol. The second-order valence-corrected chi connectivity index (χ2v) is 6.03. The van der Waals surface area contributed by atoms with E-state index >= 15 is 0 Å². The van der Waals surface area contributed by atoms with Crippen LogP contribution in [0.2, 0.25) is 5.02 Å². The fraction of sp³-hybridized carbons (Fsp3) is 0.462. The summed E-state index contributed by atoms with van der Waals surface area (Å²) in [4.78, 5) is 14.4. The molecule has 1 aromatic carbocycles. The Morgan fingerprint density at radius 2 is 2.22 bits per heavy atom. The van der Waals surface area contributed by atoms with Gasteiger partial charge in [0.15, 0.2) is 0 Å². The number of amides is 1. The first-order valence-electron chi connectivity index (χ1n) is 5.95. The van der Waals surface area contributed by atoms with Gasteiger partial charge in [0.2, 0.25) is 0 Å². The Morgan fingerprint density at radius 1 is 1.44 bits per heavy atom. The number of nitrogens with zero attached hydrogens (tertiary/aromatic N) is 1. The largest absolute Gasteiger partial charge is 0.334 e. The molecule has 0 aromatic heterocycles. The van der Waals surface area contributed by atoms with Crippen molar-refractivity contribution in [3.05, 3.63) is 33.3 Å². The monoisotopic (exact) mass is 349 g/mol. The van der Waals surface area contributed by atoms with Crippen LogP contribution in [-0.4, -0.2) is 29.3 Å². The Bertz CT molecular complexity index is 453. The van der Waals surface area contributed by atoms with Crippen LogP contribution in [0.3, 0.4) is 0 Å². The highest BCUT2D eigenvalue weighted by molar-refractivity contribution is 9.10. The van der Waals surface area contributed by atoms with Crippen molar-refractivity contribution in [3.63, 3.8) is 0 Å². The molecule has 0 saturated carbocycles. The summed E-state index contributed by atoms with van der Waals surface area (Å²) in [6, 6.07) is 5.39. The van der Waals surface area contributed by atoms with Crippen molar-refractivity contribution in [2.24, 2.45) is 0 Å². The lowest BCUT2D eigenvalue weighted by atomic mass is 10.0. The number of carbonyl (C=O) groups excluding carboxylic acids is 1. The lowest BCUT2D eigenvalue weighted by molar-refractivity contribution is 0.0638. The fourth-order valence-electron chi connectivity index (χ4n) is 2.25. The molecule has 1 fully saturated rings. The number of rotatable bonds is 2. The van der Waals surface area contributed by atoms with Gasteiger partial charge in [-0.1, -0.05) is 11.6 Å². The molecular weight excluding hydrogens is 337 g/mol. The topological polar surface area (TPSA) is 20.3 Å². The first-order valence-corrected chi connectivity index (χ1v) is 7.66. The number of halogens is 3. The number of piperidine rings is 1. The van der Waals surface area contributed by atoms with Crippen LogP contribution in [-0.2, 0) is 0 Å². The molecular formula is C13H14BrCl2NO. The zero-order valence-electron chi connectivity index (χ0n) is 9.83. The van der Waals surface area contributed by atoms with Crippen molar-refractivity contribution in [2.45, 2.75) is 25.3 Å². The average Bonchev–Trinajstić information content (AvgIpc) is 2.38. The van der Waals surface area contributed by atoms with Crippen LogP contribution in [0.15, 0.2) is 22.7 Å². The number of alkyl halides is 1. The highest BCUT2D eigenvalue weighted by atomic mass is 79.9. The third-order valence-corrected chi connectivity index (χ3v) is 4.48. The highest BCUT2D eigenvalue weighted by Crippen LogP contribution is 2.26. The summed E-state index contributed by atoms with van der Waals surface area (Å²) in [5, 5.41) is 0.617. The van der Waals surface area contributed by atoms with Gasteiger partial charge < -0.3 is 4.90 Å². The Morgan fingerprint density at radius 3 is 2.89 bits per heavy atom. The number of hydrogen-bond acceptors (Lipinski definition) is 1. The Kier molecular flexibility index (Phi) is 4.93. The van der Waals surface area contributed by atoms with Gasteiger partial charge in [-0.25, -0.2) is 0 Å². The highest BCUT2D eigenvalue weighted by Gasteiger charge is 2.27. The summed E-state index contributed by atoms with van der Waals surface area (Å²) in [6.07, 6.45) is 3.17. The smallest absolute Gasteiger partial charge is 0.255 e. The van der Waals surface area contributed by atoms with Crippen LogP contribution in [0.4, 0.5) is 0 Å². The Hall–Kier alpha value is -0.250. The van der Waals surface area contributed by atoms with E-state index in [1.807, 2.05) is 4.90 Å². The molecule has 1 atom stereocenters. The van der Waals surface area contributed by atoms with Crippen LogP contribution >= 0.6 is 39.1 Å². The zero-order valence-corrected chi connectivity index (χ0v) is 12.9. The van der Waals surface area contributed by atoms with Gasteiger partial charge in [0.1, 0.15) is 0 Å². The molecule has 2 rings (SSSR count). The van der Waals surface area contributed by atoms with Crippen molar-refractivity contribution < 1.29 is 4.79 Å². The second-order valence-electron chi connectivity index (χ2n) is 4.43. The van der Waals surface area contributed by atoms with Gasteiger partial charge in [-0.15, -0.1) is 11.6 Å². The molecule has 0 radical (unpaired) electrons. The summed E-state index contributed by atoms with van der Waals surface area (Å²) in [5.74, 6) is 0.528. The third kappa shape index (κ3) is 3.01. The van der Waals surface area contributed by atoms with Gasteiger partial charge in [0, 0.05) is 28.0 Å². The molecule has 1 heterocycles. The Balaban J connectivity index is 2.24. The van der Waals surface area contributed by atoms with Gasteiger partial charge in [-0.3, -0.25) is 4.79 Å². The molecule has 0 bridgehead atoms. The quantitative estimate of drug-likeness (QED) is 0.726. The molecule has 0 spiro atoms. The van der Waals surface area contributed by atoms with E-state index in [1.165, 1.54) is 0 Å². The van der Waals surface area contributed by atoms with Crippen LogP contribution in [0, 0.1) is 0 Å². The minimum Gasteiger partial charge on any atom is -0.334 e. The number of benzene rings is 1. The molecule has 0 N–H and O–H groups in total. The second kappa shape index (κ2) is 6.27. The van der Waals surface area contributed by atoms with Crippen LogP contribution < -0.4 is 0 Å². The molecule has 5 heteroatoms. The van der Waals surface area contributed by atoms with E-state index in [1.54, 1.807) is 18.2 Å². The molecule has 18 heavy (non-hydrogen) atoms. The minimum atomic E-state index is 0.0314. The summed E-state index contributed by atoms with van der Waals surface area (Å²) in [6.45, 7) is 0.783. The number of carbonyl (C=O) groups is 1. The maximum absolute atomic E-state index is 12.5. The molecule has 1 aliphatic heterocycles. The van der Waals surface area contributed by atoms with Crippen molar-refractivity contribution >= 4 is 45.0 Å². The van der Waals surface area contributed by atoms with E-state index in [2.05, 4.69) is 15.9 Å². The SMILES string of the molecule is O=C(c1ccc(Cl)cc1Br)N1CCCCC1CCl. The molecule has 1 amide bonds. The molecule has 1 aromatic rings. The standard InChI is InChI=1S/C13H14BrCl2NO/c14-12-7-9(16)4-5-11(12)13(18)17-6-2-1-3-10(17)8-15/h4-5,7,10H,1-3,6,8H2.